The van der Waals surface area contributed by atoms with Gasteiger partial charge in [0.15, 0.2) is 0 Å². The molecule has 1 atom stereocenters. The molecule has 2 aromatic rings. The zero-order valence-electron chi connectivity index (χ0n) is 10.3. The zero-order chi connectivity index (χ0) is 13.0. The van der Waals surface area contributed by atoms with Gasteiger partial charge in [-0.1, -0.05) is 6.92 Å². The van der Waals surface area contributed by atoms with Gasteiger partial charge in [0.25, 0.3) is 11.4 Å². The quantitative estimate of drug-likeness (QED) is 0.816. The molecule has 18 heavy (non-hydrogen) atoms. The first-order valence-corrected chi connectivity index (χ1v) is 5.83. The van der Waals surface area contributed by atoms with Crippen LogP contribution in [0, 0.1) is 0 Å². The van der Waals surface area contributed by atoms with Crippen LogP contribution in [-0.2, 0) is 0 Å². The molecule has 0 aliphatic heterocycles. The lowest BCUT2D eigenvalue weighted by atomic mass is 10.3. The Balaban J connectivity index is 2.14. The second-order valence-corrected chi connectivity index (χ2v) is 3.93. The first-order valence-electron chi connectivity index (χ1n) is 5.83. The van der Waals surface area contributed by atoms with Crippen molar-refractivity contribution >= 4 is 0 Å². The standard InChI is InChI=1S/C11H15N5O2/c1-3-6-12-7(2)10-15-16-11(18-10)8-4-5-9(17)14-13-8/h4-5,7,12H,3,6H2,1-2H3,(H,14,17). The Morgan fingerprint density at radius 1 is 1.44 bits per heavy atom. The van der Waals surface area contributed by atoms with E-state index in [1.54, 1.807) is 6.07 Å². The van der Waals surface area contributed by atoms with Crippen LogP contribution < -0.4 is 10.9 Å². The van der Waals surface area contributed by atoms with Crippen LogP contribution in [0.3, 0.4) is 0 Å². The summed E-state index contributed by atoms with van der Waals surface area (Å²) in [6.07, 6.45) is 1.03. The van der Waals surface area contributed by atoms with Crippen LogP contribution in [0.15, 0.2) is 21.3 Å². The fourth-order valence-corrected chi connectivity index (χ4v) is 1.42. The van der Waals surface area contributed by atoms with Crippen LogP contribution in [0.1, 0.15) is 32.2 Å². The van der Waals surface area contributed by atoms with Crippen molar-refractivity contribution in [2.24, 2.45) is 0 Å². The largest absolute Gasteiger partial charge is 0.417 e. The van der Waals surface area contributed by atoms with Gasteiger partial charge < -0.3 is 9.73 Å². The van der Waals surface area contributed by atoms with Gasteiger partial charge >= 0.3 is 0 Å². The first kappa shape index (κ1) is 12.4. The Labute approximate surface area is 104 Å². The maximum Gasteiger partial charge on any atom is 0.268 e. The topological polar surface area (TPSA) is 96.7 Å². The lowest BCUT2D eigenvalue weighted by Gasteiger charge is -2.07. The Kier molecular flexibility index (Phi) is 3.83. The van der Waals surface area contributed by atoms with E-state index >= 15 is 0 Å². The van der Waals surface area contributed by atoms with E-state index < -0.39 is 0 Å². The SMILES string of the molecule is CCCNC(C)c1nnc(-c2ccc(=O)[nH]n2)o1. The average molecular weight is 249 g/mol. The van der Waals surface area contributed by atoms with Crippen molar-refractivity contribution in [1.82, 2.24) is 25.7 Å². The first-order chi connectivity index (χ1) is 8.70. The van der Waals surface area contributed by atoms with E-state index in [9.17, 15) is 4.79 Å². The highest BCUT2D eigenvalue weighted by atomic mass is 16.4. The smallest absolute Gasteiger partial charge is 0.268 e. The molecule has 7 nitrogen and oxygen atoms in total. The molecule has 0 aliphatic carbocycles. The van der Waals surface area contributed by atoms with E-state index in [1.807, 2.05) is 6.92 Å². The summed E-state index contributed by atoms with van der Waals surface area (Å²) in [6.45, 7) is 4.92. The van der Waals surface area contributed by atoms with Gasteiger partial charge in [-0.2, -0.15) is 5.10 Å². The molecular weight excluding hydrogens is 234 g/mol. The molecule has 2 heterocycles. The Hall–Kier alpha value is -2.02. The van der Waals surface area contributed by atoms with Gasteiger partial charge in [0, 0.05) is 6.07 Å². The lowest BCUT2D eigenvalue weighted by molar-refractivity contribution is 0.422. The molecule has 0 saturated heterocycles. The summed E-state index contributed by atoms with van der Waals surface area (Å²) in [6, 6.07) is 2.90. The molecule has 2 aromatic heterocycles. The highest BCUT2D eigenvalue weighted by Gasteiger charge is 2.14. The van der Waals surface area contributed by atoms with Crippen molar-refractivity contribution in [1.29, 1.82) is 0 Å². The molecule has 96 valence electrons. The summed E-state index contributed by atoms with van der Waals surface area (Å²) in [7, 11) is 0. The normalized spacial score (nSPS) is 12.6. The third-order valence-corrected chi connectivity index (χ3v) is 2.41. The van der Waals surface area contributed by atoms with Crippen molar-refractivity contribution < 1.29 is 4.42 Å². The minimum absolute atomic E-state index is 0.00559. The summed E-state index contributed by atoms with van der Waals surface area (Å²) in [5.41, 5.74) is 0.188. The van der Waals surface area contributed by atoms with Gasteiger partial charge in [-0.3, -0.25) is 4.79 Å². The predicted molar refractivity (Wildman–Crippen MR) is 64.9 cm³/mol. The summed E-state index contributed by atoms with van der Waals surface area (Å²) in [5, 5.41) is 17.3. The molecule has 0 bridgehead atoms. The van der Waals surface area contributed by atoms with E-state index in [-0.39, 0.29) is 11.6 Å². The third-order valence-electron chi connectivity index (χ3n) is 2.41. The second kappa shape index (κ2) is 5.54. The molecule has 0 aromatic carbocycles. The maximum atomic E-state index is 10.9. The van der Waals surface area contributed by atoms with Gasteiger partial charge in [-0.25, -0.2) is 5.10 Å². The van der Waals surface area contributed by atoms with Crippen LogP contribution in [0.2, 0.25) is 0 Å². The number of aromatic nitrogens is 4. The summed E-state index contributed by atoms with van der Waals surface area (Å²) < 4.78 is 5.50. The van der Waals surface area contributed by atoms with Gasteiger partial charge in [0.1, 0.15) is 5.69 Å². The summed E-state index contributed by atoms with van der Waals surface area (Å²) >= 11 is 0. The van der Waals surface area contributed by atoms with E-state index in [4.69, 9.17) is 4.42 Å². The number of hydrogen-bond donors (Lipinski definition) is 2. The number of nitrogens with zero attached hydrogens (tertiary/aromatic N) is 3. The van der Waals surface area contributed by atoms with Crippen LogP contribution in [0.4, 0.5) is 0 Å². The molecule has 0 saturated carbocycles. The van der Waals surface area contributed by atoms with Crippen molar-refractivity contribution in [2.45, 2.75) is 26.3 Å². The van der Waals surface area contributed by atoms with E-state index in [0.29, 0.717) is 17.5 Å². The van der Waals surface area contributed by atoms with E-state index in [2.05, 4.69) is 32.6 Å². The number of nitrogens with one attached hydrogen (secondary N) is 2. The Morgan fingerprint density at radius 3 is 2.94 bits per heavy atom. The molecule has 0 radical (unpaired) electrons. The van der Waals surface area contributed by atoms with E-state index in [1.165, 1.54) is 6.07 Å². The number of H-pyrrole nitrogens is 1. The summed E-state index contributed by atoms with van der Waals surface area (Å²) in [5.74, 6) is 0.804. The molecule has 7 heteroatoms. The number of aromatic amines is 1. The molecule has 1 unspecified atom stereocenters. The molecular formula is C11H15N5O2. The molecule has 0 amide bonds. The van der Waals surface area contributed by atoms with Crippen LogP contribution in [-0.4, -0.2) is 26.9 Å². The molecule has 0 spiro atoms. The van der Waals surface area contributed by atoms with Gasteiger partial charge in [0.2, 0.25) is 5.89 Å². The van der Waals surface area contributed by atoms with Gasteiger partial charge in [0.05, 0.1) is 6.04 Å². The Bertz CT molecular complexity index is 542. The second-order valence-electron chi connectivity index (χ2n) is 3.93. The summed E-state index contributed by atoms with van der Waals surface area (Å²) in [4.78, 5) is 10.9. The molecule has 0 fully saturated rings. The van der Waals surface area contributed by atoms with Crippen LogP contribution in [0.25, 0.3) is 11.6 Å². The zero-order valence-corrected chi connectivity index (χ0v) is 10.3. The highest BCUT2D eigenvalue weighted by Crippen LogP contribution is 2.17. The van der Waals surface area contributed by atoms with Crippen molar-refractivity contribution in [2.75, 3.05) is 6.54 Å². The van der Waals surface area contributed by atoms with Gasteiger partial charge in [-0.15, -0.1) is 10.2 Å². The Morgan fingerprint density at radius 2 is 2.28 bits per heavy atom. The number of rotatable bonds is 5. The lowest BCUT2D eigenvalue weighted by Crippen LogP contribution is -2.19. The van der Waals surface area contributed by atoms with Gasteiger partial charge in [-0.05, 0) is 26.0 Å². The fourth-order valence-electron chi connectivity index (χ4n) is 1.42. The highest BCUT2D eigenvalue weighted by molar-refractivity contribution is 5.43. The van der Waals surface area contributed by atoms with Crippen LogP contribution >= 0.6 is 0 Å². The maximum absolute atomic E-state index is 10.9. The monoisotopic (exact) mass is 249 g/mol. The van der Waals surface area contributed by atoms with Crippen molar-refractivity contribution in [3.05, 3.63) is 28.4 Å². The predicted octanol–water partition coefficient (Wildman–Crippen LogP) is 0.880. The molecule has 2 N–H and O–H groups in total. The fraction of sp³-hybridized carbons (Fsp3) is 0.455. The average Bonchev–Trinajstić information content (AvgIpc) is 2.86. The van der Waals surface area contributed by atoms with E-state index in [0.717, 1.165) is 13.0 Å². The molecule has 0 aliphatic rings. The minimum atomic E-state index is -0.267. The third kappa shape index (κ3) is 2.80. The number of hydrogen-bond acceptors (Lipinski definition) is 6. The minimum Gasteiger partial charge on any atom is -0.417 e. The molecule has 2 rings (SSSR count). The van der Waals surface area contributed by atoms with Crippen molar-refractivity contribution in [3.8, 4) is 11.6 Å². The van der Waals surface area contributed by atoms with Crippen LogP contribution in [0.5, 0.6) is 0 Å². The van der Waals surface area contributed by atoms with Crippen molar-refractivity contribution in [3.63, 3.8) is 0 Å².